The zero-order valence-electron chi connectivity index (χ0n) is 15.1. The summed E-state index contributed by atoms with van der Waals surface area (Å²) >= 11 is 7.87. The molecule has 0 aliphatic carbocycles. The van der Waals surface area contributed by atoms with E-state index in [9.17, 15) is 4.79 Å². The summed E-state index contributed by atoms with van der Waals surface area (Å²) < 4.78 is 0. The molecule has 0 aliphatic heterocycles. The van der Waals surface area contributed by atoms with Crippen LogP contribution in [0.25, 0.3) is 0 Å². The van der Waals surface area contributed by atoms with Crippen LogP contribution in [0, 0.1) is 0 Å². The lowest BCUT2D eigenvalue weighted by Gasteiger charge is -2.19. The lowest BCUT2D eigenvalue weighted by molar-refractivity contribution is -0.119. The molecule has 1 N–H and O–H groups in total. The van der Waals surface area contributed by atoms with Crippen molar-refractivity contribution in [3.05, 3.63) is 107 Å². The summed E-state index contributed by atoms with van der Waals surface area (Å²) in [5.74, 6) is 0.382. The number of nitrogens with one attached hydrogen (secondary N) is 1. The van der Waals surface area contributed by atoms with Crippen LogP contribution in [0.5, 0.6) is 0 Å². The standard InChI is InChI=1S/C23H22ClNOS/c1-17(20-14-8-9-15-21(20)24)25-22(26)16-27-23(18-10-4-2-5-11-18)19-12-6-3-7-13-19/h2-15,17,23H,16H2,1H3,(H,25,26). The Balaban J connectivity index is 1.67. The number of hydrogen-bond donors (Lipinski definition) is 1. The maximum absolute atomic E-state index is 12.5. The quantitative estimate of drug-likeness (QED) is 0.528. The second-order valence-electron chi connectivity index (χ2n) is 6.32. The largest absolute Gasteiger partial charge is 0.349 e. The third-order valence-electron chi connectivity index (χ3n) is 4.33. The summed E-state index contributed by atoms with van der Waals surface area (Å²) in [6.45, 7) is 1.95. The highest BCUT2D eigenvalue weighted by atomic mass is 35.5. The smallest absolute Gasteiger partial charge is 0.230 e. The van der Waals surface area contributed by atoms with Crippen molar-refractivity contribution in [3.63, 3.8) is 0 Å². The fourth-order valence-corrected chi connectivity index (χ4v) is 4.39. The molecule has 0 heterocycles. The molecule has 3 aromatic rings. The van der Waals surface area contributed by atoms with Gasteiger partial charge in [-0.3, -0.25) is 4.79 Å². The van der Waals surface area contributed by atoms with Crippen molar-refractivity contribution in [1.82, 2.24) is 5.32 Å². The third-order valence-corrected chi connectivity index (χ3v) is 5.99. The van der Waals surface area contributed by atoms with Gasteiger partial charge in [-0.05, 0) is 29.7 Å². The van der Waals surface area contributed by atoms with E-state index in [0.29, 0.717) is 10.8 Å². The molecule has 0 aromatic heterocycles. The van der Waals surface area contributed by atoms with E-state index >= 15 is 0 Å². The number of rotatable bonds is 7. The molecule has 0 spiro atoms. The van der Waals surface area contributed by atoms with Crippen molar-refractivity contribution >= 4 is 29.3 Å². The Morgan fingerprint density at radius 3 is 1.96 bits per heavy atom. The van der Waals surface area contributed by atoms with Crippen LogP contribution in [-0.4, -0.2) is 11.7 Å². The van der Waals surface area contributed by atoms with Crippen LogP contribution in [-0.2, 0) is 4.79 Å². The van der Waals surface area contributed by atoms with Crippen molar-refractivity contribution < 1.29 is 4.79 Å². The molecule has 4 heteroatoms. The molecule has 0 saturated heterocycles. The Labute approximate surface area is 170 Å². The fraction of sp³-hybridized carbons (Fsp3) is 0.174. The molecule has 0 radical (unpaired) electrons. The van der Waals surface area contributed by atoms with Gasteiger partial charge >= 0.3 is 0 Å². The van der Waals surface area contributed by atoms with Gasteiger partial charge in [0, 0.05) is 5.02 Å². The number of thioether (sulfide) groups is 1. The molecule has 0 saturated carbocycles. The van der Waals surface area contributed by atoms with E-state index in [4.69, 9.17) is 11.6 Å². The number of carbonyl (C=O) groups excluding carboxylic acids is 1. The van der Waals surface area contributed by atoms with Crippen LogP contribution in [0.2, 0.25) is 5.02 Å². The predicted molar refractivity (Wildman–Crippen MR) is 115 cm³/mol. The van der Waals surface area contributed by atoms with E-state index in [0.717, 1.165) is 5.56 Å². The molecule has 0 fully saturated rings. The first-order valence-electron chi connectivity index (χ1n) is 8.90. The molecule has 1 unspecified atom stereocenters. The van der Waals surface area contributed by atoms with E-state index in [1.54, 1.807) is 11.8 Å². The lowest BCUT2D eigenvalue weighted by atomic mass is 10.0. The molecule has 2 nitrogen and oxygen atoms in total. The molecule has 1 amide bonds. The molecular weight excluding hydrogens is 374 g/mol. The summed E-state index contributed by atoms with van der Waals surface area (Å²) in [7, 11) is 0. The lowest BCUT2D eigenvalue weighted by Crippen LogP contribution is -2.28. The summed E-state index contributed by atoms with van der Waals surface area (Å²) in [4.78, 5) is 12.5. The topological polar surface area (TPSA) is 29.1 Å². The highest BCUT2D eigenvalue weighted by molar-refractivity contribution is 8.00. The predicted octanol–water partition coefficient (Wildman–Crippen LogP) is 6.04. The highest BCUT2D eigenvalue weighted by Gasteiger charge is 2.18. The number of carbonyl (C=O) groups is 1. The number of hydrogen-bond acceptors (Lipinski definition) is 2. The third kappa shape index (κ3) is 5.38. The van der Waals surface area contributed by atoms with E-state index in [1.165, 1.54) is 11.1 Å². The van der Waals surface area contributed by atoms with Crippen LogP contribution in [0.15, 0.2) is 84.9 Å². The first-order valence-corrected chi connectivity index (χ1v) is 10.3. The van der Waals surface area contributed by atoms with Crippen LogP contribution in [0.1, 0.15) is 34.9 Å². The van der Waals surface area contributed by atoms with Gasteiger partial charge in [-0.25, -0.2) is 0 Å². The normalized spacial score (nSPS) is 12.0. The molecule has 3 aromatic carbocycles. The van der Waals surface area contributed by atoms with Crippen molar-refractivity contribution in [1.29, 1.82) is 0 Å². The summed E-state index contributed by atoms with van der Waals surface area (Å²) in [6.07, 6.45) is 0. The van der Waals surface area contributed by atoms with Crippen molar-refractivity contribution in [2.75, 3.05) is 5.75 Å². The summed E-state index contributed by atoms with van der Waals surface area (Å²) in [6, 6.07) is 28.1. The Kier molecular flexibility index (Phi) is 6.97. The molecule has 1 atom stereocenters. The number of benzene rings is 3. The van der Waals surface area contributed by atoms with Gasteiger partial charge in [0.1, 0.15) is 0 Å². The number of halogens is 1. The van der Waals surface area contributed by atoms with Gasteiger partial charge in [-0.1, -0.05) is 90.5 Å². The fourth-order valence-electron chi connectivity index (χ4n) is 2.99. The van der Waals surface area contributed by atoms with Gasteiger partial charge in [0.25, 0.3) is 0 Å². The van der Waals surface area contributed by atoms with Gasteiger partial charge in [0.15, 0.2) is 0 Å². The molecule has 3 rings (SSSR count). The first kappa shape index (κ1) is 19.5. The highest BCUT2D eigenvalue weighted by Crippen LogP contribution is 2.35. The molecule has 138 valence electrons. The summed E-state index contributed by atoms with van der Waals surface area (Å²) in [5, 5.41) is 3.84. The van der Waals surface area contributed by atoms with E-state index in [-0.39, 0.29) is 17.2 Å². The van der Waals surface area contributed by atoms with Gasteiger partial charge < -0.3 is 5.32 Å². The van der Waals surface area contributed by atoms with E-state index in [1.807, 2.05) is 67.6 Å². The Hall–Kier alpha value is -2.23. The Morgan fingerprint density at radius 1 is 0.889 bits per heavy atom. The zero-order chi connectivity index (χ0) is 19.1. The maximum atomic E-state index is 12.5. The SMILES string of the molecule is CC(NC(=O)CSC(c1ccccc1)c1ccccc1)c1ccccc1Cl. The minimum Gasteiger partial charge on any atom is -0.349 e. The minimum atomic E-state index is -0.126. The molecule has 0 aliphatic rings. The average molecular weight is 396 g/mol. The van der Waals surface area contributed by atoms with Crippen LogP contribution >= 0.6 is 23.4 Å². The monoisotopic (exact) mass is 395 g/mol. The minimum absolute atomic E-state index is 0.00396. The Bertz CT molecular complexity index is 830. The van der Waals surface area contributed by atoms with Gasteiger partial charge in [0.2, 0.25) is 5.91 Å². The van der Waals surface area contributed by atoms with Gasteiger partial charge in [0.05, 0.1) is 17.0 Å². The van der Waals surface area contributed by atoms with Gasteiger partial charge in [-0.2, -0.15) is 0 Å². The van der Waals surface area contributed by atoms with Crippen LogP contribution in [0.3, 0.4) is 0 Å². The van der Waals surface area contributed by atoms with Crippen molar-refractivity contribution in [2.45, 2.75) is 18.2 Å². The van der Waals surface area contributed by atoms with E-state index in [2.05, 4.69) is 29.6 Å². The second-order valence-corrected chi connectivity index (χ2v) is 7.82. The van der Waals surface area contributed by atoms with Crippen LogP contribution < -0.4 is 5.32 Å². The number of amides is 1. The van der Waals surface area contributed by atoms with Crippen LogP contribution in [0.4, 0.5) is 0 Å². The van der Waals surface area contributed by atoms with Gasteiger partial charge in [-0.15, -0.1) is 11.8 Å². The van der Waals surface area contributed by atoms with E-state index < -0.39 is 0 Å². The van der Waals surface area contributed by atoms with Crippen molar-refractivity contribution in [3.8, 4) is 0 Å². The first-order chi connectivity index (χ1) is 13.1. The molecule has 0 bridgehead atoms. The zero-order valence-corrected chi connectivity index (χ0v) is 16.7. The van der Waals surface area contributed by atoms with Crippen molar-refractivity contribution in [2.24, 2.45) is 0 Å². The Morgan fingerprint density at radius 2 is 1.41 bits per heavy atom. The second kappa shape index (κ2) is 9.63. The maximum Gasteiger partial charge on any atom is 0.230 e. The molecular formula is C23H22ClNOS. The average Bonchev–Trinajstić information content (AvgIpc) is 2.70. The summed E-state index contributed by atoms with van der Waals surface area (Å²) in [5.41, 5.74) is 3.32. The molecule has 27 heavy (non-hydrogen) atoms.